The Morgan fingerprint density at radius 1 is 1.22 bits per heavy atom. The first-order valence-electron chi connectivity index (χ1n) is 9.76. The molecule has 1 aliphatic carbocycles. The average Bonchev–Trinajstić information content (AvgIpc) is 3.53. The zero-order chi connectivity index (χ0) is 23.7. The van der Waals surface area contributed by atoms with Crippen molar-refractivity contribution in [2.45, 2.75) is 44.8 Å². The van der Waals surface area contributed by atoms with Crippen LogP contribution in [0.1, 0.15) is 31.2 Å². The average molecular weight is 463 g/mol. The number of hydrogen-bond donors (Lipinski definition) is 1. The van der Waals surface area contributed by atoms with Crippen molar-refractivity contribution in [1.29, 1.82) is 0 Å². The number of amides is 2. The van der Waals surface area contributed by atoms with Crippen LogP contribution in [0.4, 0.5) is 32.0 Å². The van der Waals surface area contributed by atoms with E-state index in [0.717, 1.165) is 11.0 Å². The summed E-state index contributed by atoms with van der Waals surface area (Å²) < 4.78 is 81.6. The number of piperidine rings is 1. The minimum absolute atomic E-state index is 0.0270. The highest BCUT2D eigenvalue weighted by molar-refractivity contribution is 5.87. The quantitative estimate of drug-likeness (QED) is 0.522. The molecule has 1 heterocycles. The van der Waals surface area contributed by atoms with Crippen LogP contribution in [-0.4, -0.2) is 42.3 Å². The van der Waals surface area contributed by atoms with Crippen LogP contribution in [0.25, 0.3) is 4.85 Å². The molecule has 3 rings (SSSR count). The summed E-state index contributed by atoms with van der Waals surface area (Å²) in [4.78, 5) is 29.1. The molecule has 32 heavy (non-hydrogen) atoms. The van der Waals surface area contributed by atoms with Gasteiger partial charge in [-0.25, -0.2) is 4.85 Å². The van der Waals surface area contributed by atoms with Gasteiger partial charge >= 0.3 is 12.5 Å². The first-order valence-corrected chi connectivity index (χ1v) is 9.76. The standard InChI is InChI=1S/C20H19F6N3O3/c1-27-14-5-4-12(15(9-14)32-20(24,25)26)10-28-16(30)13-3-2-8-29(11-13)17(31)18(6-7-18)19(21,22)23/h4-5,9,13H,2-3,6-8,10-11H2,(H,28,30)/t13-/m1/s1. The van der Waals surface area contributed by atoms with Gasteiger partial charge in [0.1, 0.15) is 11.2 Å². The van der Waals surface area contributed by atoms with Crippen molar-refractivity contribution in [1.82, 2.24) is 10.2 Å². The summed E-state index contributed by atoms with van der Waals surface area (Å²) >= 11 is 0. The van der Waals surface area contributed by atoms with Crippen molar-refractivity contribution >= 4 is 17.5 Å². The van der Waals surface area contributed by atoms with E-state index in [1.807, 2.05) is 0 Å². The Bertz CT molecular complexity index is 934. The van der Waals surface area contributed by atoms with Gasteiger partial charge in [-0.15, -0.1) is 13.2 Å². The highest BCUT2D eigenvalue weighted by Gasteiger charge is 2.69. The molecule has 12 heteroatoms. The normalized spacial score (nSPS) is 20.3. The molecule has 174 valence electrons. The van der Waals surface area contributed by atoms with Crippen LogP contribution in [0.15, 0.2) is 18.2 Å². The van der Waals surface area contributed by atoms with E-state index in [-0.39, 0.29) is 43.7 Å². The Hall–Kier alpha value is -2.97. The summed E-state index contributed by atoms with van der Waals surface area (Å²) in [5, 5.41) is 2.45. The zero-order valence-electron chi connectivity index (χ0n) is 16.6. The number of likely N-dealkylation sites (tertiary alicyclic amines) is 1. The predicted octanol–water partition coefficient (Wildman–Crippen LogP) is 4.33. The van der Waals surface area contributed by atoms with Gasteiger partial charge in [-0.1, -0.05) is 12.1 Å². The number of nitrogens with one attached hydrogen (secondary N) is 1. The number of alkyl halides is 6. The van der Waals surface area contributed by atoms with Crippen molar-refractivity contribution in [3.05, 3.63) is 35.2 Å². The van der Waals surface area contributed by atoms with Gasteiger partial charge in [0.2, 0.25) is 11.8 Å². The molecule has 6 nitrogen and oxygen atoms in total. The van der Waals surface area contributed by atoms with Crippen molar-refractivity contribution in [2.24, 2.45) is 11.3 Å². The largest absolute Gasteiger partial charge is 0.573 e. The van der Waals surface area contributed by atoms with E-state index in [1.54, 1.807) is 0 Å². The Balaban J connectivity index is 1.64. The van der Waals surface area contributed by atoms with E-state index in [0.29, 0.717) is 12.8 Å². The lowest BCUT2D eigenvalue weighted by molar-refractivity contribution is -0.274. The van der Waals surface area contributed by atoms with Crippen molar-refractivity contribution < 1.29 is 40.7 Å². The van der Waals surface area contributed by atoms with E-state index < -0.39 is 41.4 Å². The number of carbonyl (C=O) groups excluding carboxylic acids is 2. The SMILES string of the molecule is [C-]#[N+]c1ccc(CNC(=O)[C@@H]2CCCN(C(=O)C3(C(F)(F)F)CC3)C2)c(OC(F)(F)F)c1. The monoisotopic (exact) mass is 463 g/mol. The van der Waals surface area contributed by atoms with Crippen LogP contribution in [0.3, 0.4) is 0 Å². The van der Waals surface area contributed by atoms with Gasteiger partial charge in [0.05, 0.1) is 12.5 Å². The Morgan fingerprint density at radius 3 is 2.47 bits per heavy atom. The van der Waals surface area contributed by atoms with E-state index in [2.05, 4.69) is 14.9 Å². The Morgan fingerprint density at radius 2 is 1.91 bits per heavy atom. The van der Waals surface area contributed by atoms with Crippen LogP contribution in [0.2, 0.25) is 0 Å². The molecule has 0 bridgehead atoms. The molecule has 1 saturated carbocycles. The first kappa shape index (κ1) is 23.7. The van der Waals surface area contributed by atoms with Crippen molar-refractivity contribution in [2.75, 3.05) is 13.1 Å². The van der Waals surface area contributed by atoms with Gasteiger partial charge in [-0.3, -0.25) is 9.59 Å². The van der Waals surface area contributed by atoms with Crippen LogP contribution in [0.5, 0.6) is 5.75 Å². The highest BCUT2D eigenvalue weighted by Crippen LogP contribution is 2.58. The number of ether oxygens (including phenoxy) is 1. The molecule has 2 fully saturated rings. The smallest absolute Gasteiger partial charge is 0.407 e. The lowest BCUT2D eigenvalue weighted by Crippen LogP contribution is -2.50. The summed E-state index contributed by atoms with van der Waals surface area (Å²) in [6, 6.07) is 3.38. The number of nitrogens with zero attached hydrogens (tertiary/aromatic N) is 2. The molecule has 1 aromatic carbocycles. The maximum absolute atomic E-state index is 13.2. The molecule has 1 saturated heterocycles. The van der Waals surface area contributed by atoms with Crippen LogP contribution < -0.4 is 10.1 Å². The van der Waals surface area contributed by atoms with E-state index in [4.69, 9.17) is 6.57 Å². The Kier molecular flexibility index (Phi) is 6.31. The van der Waals surface area contributed by atoms with Gasteiger partial charge in [-0.05, 0) is 31.7 Å². The van der Waals surface area contributed by atoms with Gasteiger partial charge < -0.3 is 15.0 Å². The molecule has 1 aromatic rings. The van der Waals surface area contributed by atoms with Gasteiger partial charge in [0, 0.05) is 25.2 Å². The molecule has 0 radical (unpaired) electrons. The molecule has 0 spiro atoms. The summed E-state index contributed by atoms with van der Waals surface area (Å²) in [5.41, 5.74) is -2.47. The van der Waals surface area contributed by atoms with E-state index >= 15 is 0 Å². The summed E-state index contributed by atoms with van der Waals surface area (Å²) in [6.07, 6.45) is -9.53. The van der Waals surface area contributed by atoms with Gasteiger partial charge in [-0.2, -0.15) is 13.2 Å². The van der Waals surface area contributed by atoms with Crippen LogP contribution >= 0.6 is 0 Å². The van der Waals surface area contributed by atoms with Crippen LogP contribution in [-0.2, 0) is 16.1 Å². The van der Waals surface area contributed by atoms with E-state index in [9.17, 15) is 35.9 Å². The number of hydrogen-bond acceptors (Lipinski definition) is 3. The zero-order valence-corrected chi connectivity index (χ0v) is 16.6. The summed E-state index contributed by atoms with van der Waals surface area (Å²) in [7, 11) is 0. The third kappa shape index (κ3) is 5.08. The van der Waals surface area contributed by atoms with Crippen molar-refractivity contribution in [3.63, 3.8) is 0 Å². The lowest BCUT2D eigenvalue weighted by Gasteiger charge is -2.35. The Labute approximate surface area is 179 Å². The molecule has 1 N–H and O–H groups in total. The van der Waals surface area contributed by atoms with E-state index in [1.165, 1.54) is 12.1 Å². The molecule has 1 atom stereocenters. The minimum atomic E-state index is -5.00. The maximum atomic E-state index is 13.2. The molecular formula is C20H19F6N3O3. The second-order valence-corrected chi connectivity index (χ2v) is 7.84. The van der Waals surface area contributed by atoms with Gasteiger partial charge in [0.25, 0.3) is 0 Å². The number of carbonyl (C=O) groups is 2. The lowest BCUT2D eigenvalue weighted by atomic mass is 9.94. The fourth-order valence-corrected chi connectivity index (χ4v) is 3.73. The summed E-state index contributed by atoms with van der Waals surface area (Å²) in [6.45, 7) is 6.48. The fraction of sp³-hybridized carbons (Fsp3) is 0.550. The molecule has 2 aliphatic rings. The van der Waals surface area contributed by atoms with Crippen molar-refractivity contribution in [3.8, 4) is 5.75 Å². The number of benzene rings is 1. The maximum Gasteiger partial charge on any atom is 0.573 e. The molecule has 1 aliphatic heterocycles. The van der Waals surface area contributed by atoms with Crippen LogP contribution in [0, 0.1) is 17.9 Å². The molecule has 2 amide bonds. The second-order valence-electron chi connectivity index (χ2n) is 7.84. The molecule has 0 unspecified atom stereocenters. The minimum Gasteiger partial charge on any atom is -0.407 e. The van der Waals surface area contributed by atoms with Gasteiger partial charge in [0.15, 0.2) is 5.69 Å². The molecule has 0 aromatic heterocycles. The third-order valence-electron chi connectivity index (χ3n) is 5.64. The number of rotatable bonds is 5. The topological polar surface area (TPSA) is 63.0 Å². The molecular weight excluding hydrogens is 444 g/mol. The first-order chi connectivity index (χ1) is 14.9. The summed E-state index contributed by atoms with van der Waals surface area (Å²) in [5.74, 6) is -3.04. The highest BCUT2D eigenvalue weighted by atomic mass is 19.4. The second kappa shape index (κ2) is 8.52. The fourth-order valence-electron chi connectivity index (χ4n) is 3.73. The third-order valence-corrected chi connectivity index (χ3v) is 5.64. The predicted molar refractivity (Wildman–Crippen MR) is 98.3 cm³/mol. The number of halogens is 6.